The van der Waals surface area contributed by atoms with Gasteiger partial charge in [0.2, 0.25) is 5.95 Å². The number of nitrogens with zero attached hydrogens (tertiary/aromatic N) is 3. The molecule has 3 rings (SSSR count). The summed E-state index contributed by atoms with van der Waals surface area (Å²) in [5, 5.41) is 6.35. The monoisotopic (exact) mass is 290 g/mol. The number of nitrogens with one attached hydrogen (secondary N) is 1. The Kier molecular flexibility index (Phi) is 3.32. The zero-order valence-corrected chi connectivity index (χ0v) is 13.4. The van der Waals surface area contributed by atoms with E-state index < -0.39 is 0 Å². The van der Waals surface area contributed by atoms with E-state index in [0.717, 1.165) is 29.7 Å². The van der Waals surface area contributed by atoms with Crippen molar-refractivity contribution in [1.29, 1.82) is 0 Å². The molecule has 1 fully saturated rings. The largest absolute Gasteiger partial charge is 0.357 e. The van der Waals surface area contributed by atoms with Crippen LogP contribution in [0.25, 0.3) is 10.2 Å². The molecule has 0 radical (unpaired) electrons. The first-order valence-electron chi connectivity index (χ1n) is 7.17. The fraction of sp³-hybridized carbons (Fsp3) is 0.600. The van der Waals surface area contributed by atoms with E-state index in [4.69, 9.17) is 4.98 Å². The molecule has 0 aromatic carbocycles. The summed E-state index contributed by atoms with van der Waals surface area (Å²) in [6.07, 6.45) is 1.24. The van der Waals surface area contributed by atoms with Gasteiger partial charge in [-0.3, -0.25) is 0 Å². The second-order valence-corrected chi connectivity index (χ2v) is 7.45. The van der Waals surface area contributed by atoms with Gasteiger partial charge in [0.25, 0.3) is 0 Å². The summed E-state index contributed by atoms with van der Waals surface area (Å²) in [5.41, 5.74) is 0.362. The summed E-state index contributed by atoms with van der Waals surface area (Å²) in [5.74, 6) is 2.53. The van der Waals surface area contributed by atoms with Gasteiger partial charge in [0.1, 0.15) is 10.6 Å². The summed E-state index contributed by atoms with van der Waals surface area (Å²) in [4.78, 5) is 12.7. The van der Waals surface area contributed by atoms with Crippen molar-refractivity contribution in [2.45, 2.75) is 27.2 Å². The van der Waals surface area contributed by atoms with E-state index in [1.54, 1.807) is 11.3 Å². The fourth-order valence-electron chi connectivity index (χ4n) is 2.85. The van der Waals surface area contributed by atoms with E-state index in [9.17, 15) is 0 Å². The second-order valence-electron chi connectivity index (χ2n) is 6.56. The van der Waals surface area contributed by atoms with Crippen LogP contribution in [0.1, 0.15) is 27.2 Å². The average Bonchev–Trinajstić information content (AvgIpc) is 3.05. The molecular formula is C15H22N4S. The molecule has 5 heteroatoms. The van der Waals surface area contributed by atoms with Gasteiger partial charge in [0, 0.05) is 20.1 Å². The quantitative estimate of drug-likeness (QED) is 0.917. The van der Waals surface area contributed by atoms with Gasteiger partial charge < -0.3 is 10.2 Å². The van der Waals surface area contributed by atoms with E-state index in [1.165, 1.54) is 11.8 Å². The molecule has 1 unspecified atom stereocenters. The minimum Gasteiger partial charge on any atom is -0.357 e. The molecule has 1 saturated heterocycles. The number of rotatable bonds is 2. The highest BCUT2D eigenvalue weighted by Crippen LogP contribution is 2.37. The molecule has 0 saturated carbocycles. The van der Waals surface area contributed by atoms with Crippen LogP contribution in [-0.2, 0) is 0 Å². The molecule has 0 amide bonds. The van der Waals surface area contributed by atoms with Crippen molar-refractivity contribution in [3.05, 3.63) is 11.4 Å². The summed E-state index contributed by atoms with van der Waals surface area (Å²) in [6.45, 7) is 9.18. The van der Waals surface area contributed by atoms with E-state index in [0.29, 0.717) is 11.4 Å². The molecule has 20 heavy (non-hydrogen) atoms. The molecule has 1 atom stereocenters. The predicted octanol–water partition coefficient (Wildman–Crippen LogP) is 3.61. The van der Waals surface area contributed by atoms with Crippen LogP contribution in [0.4, 0.5) is 11.8 Å². The molecule has 1 N–H and O–H groups in total. The summed E-state index contributed by atoms with van der Waals surface area (Å²) in [7, 11) is 1.88. The van der Waals surface area contributed by atoms with Gasteiger partial charge in [-0.15, -0.1) is 11.3 Å². The lowest BCUT2D eigenvalue weighted by molar-refractivity contribution is 0.263. The minimum absolute atomic E-state index is 0.362. The fourth-order valence-corrected chi connectivity index (χ4v) is 3.61. The van der Waals surface area contributed by atoms with Gasteiger partial charge in [-0.1, -0.05) is 20.8 Å². The summed E-state index contributed by atoms with van der Waals surface area (Å²) in [6, 6.07) is 2.14. The number of hydrogen-bond acceptors (Lipinski definition) is 5. The van der Waals surface area contributed by atoms with Gasteiger partial charge in [0.05, 0.1) is 5.39 Å². The lowest BCUT2D eigenvalue weighted by Gasteiger charge is -2.27. The van der Waals surface area contributed by atoms with Crippen molar-refractivity contribution >= 4 is 33.3 Å². The predicted molar refractivity (Wildman–Crippen MR) is 86.7 cm³/mol. The molecule has 108 valence electrons. The maximum Gasteiger partial charge on any atom is 0.225 e. The van der Waals surface area contributed by atoms with Crippen LogP contribution in [-0.4, -0.2) is 30.1 Å². The van der Waals surface area contributed by atoms with Crippen molar-refractivity contribution in [1.82, 2.24) is 9.97 Å². The van der Waals surface area contributed by atoms with Crippen molar-refractivity contribution in [2.24, 2.45) is 11.3 Å². The van der Waals surface area contributed by atoms with Crippen LogP contribution in [0.3, 0.4) is 0 Å². The van der Waals surface area contributed by atoms with Crippen LogP contribution in [0.2, 0.25) is 0 Å². The SMILES string of the molecule is CNc1nc(N2CCC(C(C)(C)C)C2)c2ccsc2n1. The zero-order chi connectivity index (χ0) is 14.3. The van der Waals surface area contributed by atoms with Crippen molar-refractivity contribution in [2.75, 3.05) is 30.4 Å². The van der Waals surface area contributed by atoms with Crippen molar-refractivity contribution in [3.63, 3.8) is 0 Å². The lowest BCUT2D eigenvalue weighted by atomic mass is 9.80. The van der Waals surface area contributed by atoms with E-state index in [1.807, 2.05) is 7.05 Å². The highest BCUT2D eigenvalue weighted by Gasteiger charge is 2.33. The van der Waals surface area contributed by atoms with Crippen molar-refractivity contribution in [3.8, 4) is 0 Å². The Hall–Kier alpha value is -1.36. The first-order chi connectivity index (χ1) is 9.49. The third-order valence-electron chi connectivity index (χ3n) is 4.24. The molecule has 3 heterocycles. The molecule has 4 nitrogen and oxygen atoms in total. The Morgan fingerprint density at radius 3 is 2.80 bits per heavy atom. The molecule has 2 aromatic heterocycles. The van der Waals surface area contributed by atoms with Crippen LogP contribution in [0.15, 0.2) is 11.4 Å². The smallest absolute Gasteiger partial charge is 0.225 e. The standard InChI is InChI=1S/C15H22N4S/c1-15(2,3)10-5-7-19(9-10)12-11-6-8-20-13(11)18-14(16-4)17-12/h6,8,10H,5,7,9H2,1-4H3,(H,16,17,18). The number of anilines is 2. The molecule has 0 spiro atoms. The third-order valence-corrected chi connectivity index (χ3v) is 5.05. The summed E-state index contributed by atoms with van der Waals surface area (Å²) < 4.78 is 0. The maximum atomic E-state index is 4.70. The highest BCUT2D eigenvalue weighted by molar-refractivity contribution is 7.16. The van der Waals surface area contributed by atoms with Crippen LogP contribution >= 0.6 is 11.3 Å². The van der Waals surface area contributed by atoms with Gasteiger partial charge in [0.15, 0.2) is 0 Å². The Morgan fingerprint density at radius 1 is 1.35 bits per heavy atom. The lowest BCUT2D eigenvalue weighted by Crippen LogP contribution is -2.26. The van der Waals surface area contributed by atoms with Gasteiger partial charge in [-0.05, 0) is 29.2 Å². The molecule has 2 aromatic rings. The Balaban J connectivity index is 1.96. The topological polar surface area (TPSA) is 41.1 Å². The molecule has 1 aliphatic rings. The zero-order valence-electron chi connectivity index (χ0n) is 12.6. The molecule has 1 aliphatic heterocycles. The minimum atomic E-state index is 0.362. The van der Waals surface area contributed by atoms with Gasteiger partial charge in [-0.25, -0.2) is 4.98 Å². The first-order valence-corrected chi connectivity index (χ1v) is 8.05. The first kappa shape index (κ1) is 13.6. The number of hydrogen-bond donors (Lipinski definition) is 1. The summed E-state index contributed by atoms with van der Waals surface area (Å²) >= 11 is 1.68. The molecule has 0 aliphatic carbocycles. The van der Waals surface area contributed by atoms with E-state index in [2.05, 4.69) is 47.4 Å². The van der Waals surface area contributed by atoms with E-state index >= 15 is 0 Å². The second kappa shape index (κ2) is 4.88. The Morgan fingerprint density at radius 2 is 2.15 bits per heavy atom. The highest BCUT2D eigenvalue weighted by atomic mass is 32.1. The number of aromatic nitrogens is 2. The number of fused-ring (bicyclic) bond motifs is 1. The number of thiophene rings is 1. The van der Waals surface area contributed by atoms with Crippen LogP contribution < -0.4 is 10.2 Å². The maximum absolute atomic E-state index is 4.70. The van der Waals surface area contributed by atoms with Gasteiger partial charge in [-0.2, -0.15) is 4.98 Å². The molecule has 0 bridgehead atoms. The van der Waals surface area contributed by atoms with Crippen LogP contribution in [0, 0.1) is 11.3 Å². The van der Waals surface area contributed by atoms with Crippen molar-refractivity contribution < 1.29 is 0 Å². The average molecular weight is 290 g/mol. The molecular weight excluding hydrogens is 268 g/mol. The Bertz CT molecular complexity index is 614. The van der Waals surface area contributed by atoms with E-state index in [-0.39, 0.29) is 0 Å². The van der Waals surface area contributed by atoms with Gasteiger partial charge >= 0.3 is 0 Å². The third kappa shape index (κ3) is 2.35. The van der Waals surface area contributed by atoms with Crippen LogP contribution in [0.5, 0.6) is 0 Å². The Labute approximate surface area is 124 Å². The normalized spacial score (nSPS) is 19.8.